The maximum atomic E-state index is 12.6. The predicted molar refractivity (Wildman–Crippen MR) is 99.0 cm³/mol. The van der Waals surface area contributed by atoms with E-state index >= 15 is 0 Å². The van der Waals surface area contributed by atoms with Crippen molar-refractivity contribution >= 4 is 16.5 Å². The van der Waals surface area contributed by atoms with Crippen LogP contribution in [-0.4, -0.2) is 31.5 Å². The number of nitrogens with two attached hydrogens (primary N) is 1. The number of ether oxygens (including phenoxy) is 1. The molecule has 0 aliphatic carbocycles. The molecule has 0 spiro atoms. The number of benzene rings is 2. The molecule has 0 unspecified atom stereocenters. The third kappa shape index (κ3) is 4.22. The van der Waals surface area contributed by atoms with Gasteiger partial charge in [0, 0.05) is 36.8 Å². The van der Waals surface area contributed by atoms with E-state index in [9.17, 15) is 18.0 Å². The summed E-state index contributed by atoms with van der Waals surface area (Å²) in [7, 11) is 1.86. The van der Waals surface area contributed by atoms with Gasteiger partial charge in [0.1, 0.15) is 5.75 Å². The molecule has 0 saturated heterocycles. The van der Waals surface area contributed by atoms with E-state index < -0.39 is 11.9 Å². The Bertz CT molecular complexity index is 1010. The van der Waals surface area contributed by atoms with Gasteiger partial charge in [0.15, 0.2) is 0 Å². The molecule has 0 aliphatic heterocycles. The quantitative estimate of drug-likeness (QED) is 0.714. The molecule has 0 amide bonds. The molecule has 27 heavy (non-hydrogen) atoms. The van der Waals surface area contributed by atoms with Crippen molar-refractivity contribution in [1.29, 1.82) is 0 Å². The number of aromatic amines is 1. The van der Waals surface area contributed by atoms with Crippen LogP contribution in [0, 0.1) is 0 Å². The van der Waals surface area contributed by atoms with Gasteiger partial charge < -0.3 is 20.4 Å². The summed E-state index contributed by atoms with van der Waals surface area (Å²) in [5.74, 6) is -0.376. The first-order valence-electron chi connectivity index (χ1n) is 8.22. The van der Waals surface area contributed by atoms with Gasteiger partial charge in [-0.05, 0) is 35.7 Å². The average molecular weight is 377 g/mol. The van der Waals surface area contributed by atoms with E-state index in [0.717, 1.165) is 5.69 Å². The summed E-state index contributed by atoms with van der Waals surface area (Å²) in [6.45, 7) is 1.10. The van der Waals surface area contributed by atoms with Gasteiger partial charge in [-0.25, -0.2) is 0 Å². The molecule has 1 aromatic heterocycles. The molecule has 142 valence electrons. The molecular weight excluding hydrogens is 359 g/mol. The van der Waals surface area contributed by atoms with Gasteiger partial charge in [0.05, 0.1) is 5.69 Å². The number of halogens is 3. The molecule has 8 heteroatoms. The molecule has 0 atom stereocenters. The molecule has 0 radical (unpaired) electrons. The lowest BCUT2D eigenvalue weighted by atomic mass is 10.1. The van der Waals surface area contributed by atoms with E-state index in [2.05, 4.69) is 9.72 Å². The van der Waals surface area contributed by atoms with E-state index in [1.54, 1.807) is 24.3 Å². The van der Waals surface area contributed by atoms with Crippen molar-refractivity contribution in [3.05, 3.63) is 58.9 Å². The number of alkyl halides is 3. The monoisotopic (exact) mass is 377 g/mol. The van der Waals surface area contributed by atoms with Gasteiger partial charge in [-0.1, -0.05) is 18.2 Å². The van der Waals surface area contributed by atoms with E-state index in [1.165, 1.54) is 18.2 Å². The fraction of sp³-hybridized carbons (Fsp3) is 0.211. The predicted octanol–water partition coefficient (Wildman–Crippen LogP) is 3.49. The molecule has 1 heterocycles. The Morgan fingerprint density at radius 1 is 1.15 bits per heavy atom. The number of anilines is 1. The van der Waals surface area contributed by atoms with Gasteiger partial charge in [-0.15, -0.1) is 13.2 Å². The van der Waals surface area contributed by atoms with Crippen LogP contribution in [0.25, 0.3) is 22.0 Å². The van der Waals surface area contributed by atoms with Crippen molar-refractivity contribution in [2.75, 3.05) is 25.0 Å². The Labute approximate surface area is 153 Å². The van der Waals surface area contributed by atoms with Crippen LogP contribution in [0.15, 0.2) is 53.3 Å². The Hall–Kier alpha value is -3.00. The zero-order chi connectivity index (χ0) is 19.6. The zero-order valence-corrected chi connectivity index (χ0v) is 14.5. The SMILES string of the molecule is CN(CCN)c1ccc2cc(-c3ccccc3OC(F)(F)F)[nH]c(=O)c2c1. The molecule has 0 bridgehead atoms. The first-order valence-corrected chi connectivity index (χ1v) is 8.22. The molecule has 0 aliphatic rings. The van der Waals surface area contributed by atoms with Gasteiger partial charge in [0.25, 0.3) is 5.56 Å². The van der Waals surface area contributed by atoms with E-state index in [1.807, 2.05) is 18.0 Å². The minimum Gasteiger partial charge on any atom is -0.405 e. The zero-order valence-electron chi connectivity index (χ0n) is 14.5. The molecule has 0 saturated carbocycles. The summed E-state index contributed by atoms with van der Waals surface area (Å²) >= 11 is 0. The number of nitrogens with zero attached hydrogens (tertiary/aromatic N) is 1. The highest BCUT2D eigenvalue weighted by atomic mass is 19.4. The van der Waals surface area contributed by atoms with Crippen LogP contribution in [0.3, 0.4) is 0 Å². The average Bonchev–Trinajstić information content (AvgIpc) is 2.60. The highest BCUT2D eigenvalue weighted by molar-refractivity contribution is 5.88. The molecule has 3 aromatic rings. The summed E-state index contributed by atoms with van der Waals surface area (Å²) in [6.07, 6.45) is -4.82. The van der Waals surface area contributed by atoms with Gasteiger partial charge in [-0.3, -0.25) is 4.79 Å². The number of hydrogen-bond acceptors (Lipinski definition) is 4. The topological polar surface area (TPSA) is 71.3 Å². The van der Waals surface area contributed by atoms with Crippen LogP contribution in [0.4, 0.5) is 18.9 Å². The number of aromatic nitrogens is 1. The van der Waals surface area contributed by atoms with Crippen LogP contribution in [-0.2, 0) is 0 Å². The van der Waals surface area contributed by atoms with Crippen LogP contribution in [0.5, 0.6) is 5.75 Å². The first kappa shape index (κ1) is 18.8. The number of nitrogens with one attached hydrogen (secondary N) is 1. The number of H-pyrrole nitrogens is 1. The minimum absolute atomic E-state index is 0.151. The van der Waals surface area contributed by atoms with Crippen molar-refractivity contribution in [1.82, 2.24) is 4.98 Å². The molecular formula is C19H18F3N3O2. The Balaban J connectivity index is 2.08. The molecule has 3 rings (SSSR count). The lowest BCUT2D eigenvalue weighted by Gasteiger charge is -2.18. The number of pyridine rings is 1. The second kappa shape index (κ2) is 7.32. The maximum absolute atomic E-state index is 12.6. The van der Waals surface area contributed by atoms with Crippen LogP contribution < -0.4 is 20.9 Å². The van der Waals surface area contributed by atoms with Gasteiger partial charge in [-0.2, -0.15) is 0 Å². The summed E-state index contributed by atoms with van der Waals surface area (Å²) in [6, 6.07) is 12.6. The fourth-order valence-corrected chi connectivity index (χ4v) is 2.86. The number of rotatable bonds is 5. The standard InChI is InChI=1S/C19H18F3N3O2/c1-25(9-8-23)13-7-6-12-10-16(24-18(26)15(12)11-13)14-4-2-3-5-17(14)27-19(20,21)22/h2-7,10-11H,8-9,23H2,1H3,(H,24,26). The van der Waals surface area contributed by atoms with Gasteiger partial charge in [0.2, 0.25) is 0 Å². The van der Waals surface area contributed by atoms with Crippen molar-refractivity contribution in [3.63, 3.8) is 0 Å². The van der Waals surface area contributed by atoms with Crippen molar-refractivity contribution in [2.45, 2.75) is 6.36 Å². The smallest absolute Gasteiger partial charge is 0.405 e. The van der Waals surface area contributed by atoms with Crippen LogP contribution >= 0.6 is 0 Å². The molecule has 3 N–H and O–H groups in total. The summed E-state index contributed by atoms with van der Waals surface area (Å²) in [4.78, 5) is 17.1. The van der Waals surface area contributed by atoms with Crippen molar-refractivity contribution in [2.24, 2.45) is 5.73 Å². The third-order valence-corrected chi connectivity index (χ3v) is 4.14. The summed E-state index contributed by atoms with van der Waals surface area (Å²) in [5, 5.41) is 1.05. The molecule has 0 fully saturated rings. The van der Waals surface area contributed by atoms with Crippen LogP contribution in [0.2, 0.25) is 0 Å². The first-order chi connectivity index (χ1) is 12.8. The Morgan fingerprint density at radius 3 is 2.59 bits per heavy atom. The summed E-state index contributed by atoms with van der Waals surface area (Å²) in [5.41, 5.74) is 6.38. The third-order valence-electron chi connectivity index (χ3n) is 4.14. The van der Waals surface area contributed by atoms with Gasteiger partial charge >= 0.3 is 6.36 Å². The minimum atomic E-state index is -4.82. The summed E-state index contributed by atoms with van der Waals surface area (Å²) < 4.78 is 42.0. The number of hydrogen-bond donors (Lipinski definition) is 2. The second-order valence-corrected chi connectivity index (χ2v) is 6.04. The Kier molecular flexibility index (Phi) is 5.09. The largest absolute Gasteiger partial charge is 0.573 e. The fourth-order valence-electron chi connectivity index (χ4n) is 2.86. The maximum Gasteiger partial charge on any atom is 0.573 e. The normalized spacial score (nSPS) is 11.6. The number of fused-ring (bicyclic) bond motifs is 1. The van der Waals surface area contributed by atoms with E-state index in [0.29, 0.717) is 23.9 Å². The van der Waals surface area contributed by atoms with Crippen molar-refractivity contribution < 1.29 is 17.9 Å². The van der Waals surface area contributed by atoms with Crippen LogP contribution in [0.1, 0.15) is 0 Å². The lowest BCUT2D eigenvalue weighted by Crippen LogP contribution is -2.25. The van der Waals surface area contributed by atoms with E-state index in [4.69, 9.17) is 5.73 Å². The number of para-hydroxylation sites is 1. The molecule has 2 aromatic carbocycles. The van der Waals surface area contributed by atoms with E-state index in [-0.39, 0.29) is 17.0 Å². The highest BCUT2D eigenvalue weighted by Crippen LogP contribution is 2.33. The van der Waals surface area contributed by atoms with Crippen molar-refractivity contribution in [3.8, 4) is 17.0 Å². The molecule has 5 nitrogen and oxygen atoms in total. The lowest BCUT2D eigenvalue weighted by molar-refractivity contribution is -0.274. The number of likely N-dealkylation sites (N-methyl/N-ethyl adjacent to an activating group) is 1. The highest BCUT2D eigenvalue weighted by Gasteiger charge is 2.32. The Morgan fingerprint density at radius 2 is 1.89 bits per heavy atom. The second-order valence-electron chi connectivity index (χ2n) is 6.04.